The molecule has 2 aromatic carbocycles. The first-order chi connectivity index (χ1) is 14.5. The van der Waals surface area contributed by atoms with E-state index in [1.165, 1.54) is 30.4 Å². The Hall–Kier alpha value is -1.73. The summed E-state index contributed by atoms with van der Waals surface area (Å²) in [6.07, 6.45) is 7.86. The molecule has 0 radical (unpaired) electrons. The number of rotatable bonds is 6. The third-order valence-electron chi connectivity index (χ3n) is 6.20. The first kappa shape index (κ1) is 21.5. The Morgan fingerprint density at radius 1 is 1.13 bits per heavy atom. The molecule has 2 aliphatic rings. The van der Waals surface area contributed by atoms with E-state index in [-0.39, 0.29) is 11.9 Å². The normalized spacial score (nSPS) is 18.8. The molecule has 0 aliphatic heterocycles. The van der Waals surface area contributed by atoms with Gasteiger partial charge in [0.25, 0.3) is 5.91 Å². The van der Waals surface area contributed by atoms with E-state index in [1.807, 2.05) is 19.2 Å². The maximum Gasteiger partial charge on any atom is 0.255 e. The zero-order chi connectivity index (χ0) is 21.1. The monoisotopic (exact) mass is 445 g/mol. The maximum absolute atomic E-state index is 13.3. The maximum atomic E-state index is 13.3. The van der Waals surface area contributed by atoms with Crippen LogP contribution in [0.1, 0.15) is 66.1 Å². The van der Waals surface area contributed by atoms with Crippen LogP contribution in [-0.2, 0) is 6.42 Å². The fourth-order valence-electron chi connectivity index (χ4n) is 4.46. The Balaban J connectivity index is 1.46. The van der Waals surface area contributed by atoms with Gasteiger partial charge < -0.3 is 4.90 Å². The van der Waals surface area contributed by atoms with Gasteiger partial charge in [-0.2, -0.15) is 4.47 Å². The van der Waals surface area contributed by atoms with Gasteiger partial charge in [-0.1, -0.05) is 55.1 Å². The van der Waals surface area contributed by atoms with E-state index in [4.69, 9.17) is 11.6 Å². The van der Waals surface area contributed by atoms with Crippen LogP contribution in [0.5, 0.6) is 0 Å². The van der Waals surface area contributed by atoms with Crippen LogP contribution in [0.4, 0.5) is 5.69 Å². The predicted octanol–water partition coefficient (Wildman–Crippen LogP) is 5.78. The Labute approximate surface area is 187 Å². The molecule has 2 aliphatic carbocycles. The number of benzene rings is 2. The van der Waals surface area contributed by atoms with Gasteiger partial charge in [-0.25, -0.2) is 4.72 Å². The number of fused-ring (bicyclic) bond motifs is 1. The second-order valence-electron chi connectivity index (χ2n) is 8.15. The number of nitrogens with zero attached hydrogens (tertiary/aromatic N) is 2. The summed E-state index contributed by atoms with van der Waals surface area (Å²) in [5.74, 6) is -0.137. The lowest BCUT2D eigenvalue weighted by atomic mass is 9.96. The first-order valence-corrected chi connectivity index (χ1v) is 11.8. The minimum absolute atomic E-state index is 0.0426. The highest BCUT2D eigenvalue weighted by atomic mass is 35.5. The van der Waals surface area contributed by atoms with Crippen LogP contribution in [-0.4, -0.2) is 29.1 Å². The number of anilines is 1. The standard InChI is InChI=1S/C23H28ClN3O2S/c1-26(22-14-11-16-7-5-6-10-19(16)22)23(28)20-15-18(12-13-21(20)24)27(29)30-25-17-8-3-2-4-9-17/h5-7,10,12-13,15,17,22,25,29H,2-4,8-9,11,14H2,1H3. The summed E-state index contributed by atoms with van der Waals surface area (Å²) < 4.78 is 4.40. The van der Waals surface area contributed by atoms with Crippen molar-refractivity contribution in [2.75, 3.05) is 11.5 Å². The molecule has 2 N–H and O–H groups in total. The average molecular weight is 446 g/mol. The van der Waals surface area contributed by atoms with Crippen LogP contribution in [0.2, 0.25) is 5.02 Å². The fourth-order valence-corrected chi connectivity index (χ4v) is 5.36. The van der Waals surface area contributed by atoms with E-state index in [1.54, 1.807) is 23.1 Å². The summed E-state index contributed by atoms with van der Waals surface area (Å²) in [5, 5.41) is 10.9. The number of amides is 1. The molecule has 1 fully saturated rings. The number of carbonyl (C=O) groups is 1. The van der Waals surface area contributed by atoms with Gasteiger partial charge in [-0.3, -0.25) is 10.0 Å². The van der Waals surface area contributed by atoms with Crippen molar-refractivity contribution < 1.29 is 10.0 Å². The Kier molecular flexibility index (Phi) is 6.88. The number of nitrogens with one attached hydrogen (secondary N) is 1. The average Bonchev–Trinajstić information content (AvgIpc) is 3.21. The van der Waals surface area contributed by atoms with Gasteiger partial charge in [-0.05, 0) is 55.0 Å². The highest BCUT2D eigenvalue weighted by molar-refractivity contribution is 7.98. The van der Waals surface area contributed by atoms with Crippen molar-refractivity contribution in [2.45, 2.75) is 57.0 Å². The van der Waals surface area contributed by atoms with E-state index in [0.29, 0.717) is 22.3 Å². The summed E-state index contributed by atoms with van der Waals surface area (Å²) in [6.45, 7) is 0. The summed E-state index contributed by atoms with van der Waals surface area (Å²) in [4.78, 5) is 15.0. The van der Waals surface area contributed by atoms with E-state index in [9.17, 15) is 10.0 Å². The lowest BCUT2D eigenvalue weighted by Crippen LogP contribution is -2.31. The molecule has 1 amide bonds. The Morgan fingerprint density at radius 3 is 2.70 bits per heavy atom. The molecule has 1 saturated carbocycles. The summed E-state index contributed by atoms with van der Waals surface area (Å²) in [7, 11) is 1.83. The molecule has 5 nitrogen and oxygen atoms in total. The highest BCUT2D eigenvalue weighted by Crippen LogP contribution is 2.36. The number of aryl methyl sites for hydroxylation is 1. The van der Waals surface area contributed by atoms with Gasteiger partial charge >= 0.3 is 0 Å². The lowest BCUT2D eigenvalue weighted by molar-refractivity contribution is 0.0731. The van der Waals surface area contributed by atoms with Crippen molar-refractivity contribution >= 4 is 35.3 Å². The number of carbonyl (C=O) groups excluding carboxylic acids is 1. The summed E-state index contributed by atoms with van der Waals surface area (Å²) >= 11 is 7.53. The van der Waals surface area contributed by atoms with E-state index in [2.05, 4.69) is 16.9 Å². The molecule has 1 unspecified atom stereocenters. The van der Waals surface area contributed by atoms with Crippen LogP contribution in [0.3, 0.4) is 0 Å². The van der Waals surface area contributed by atoms with Gasteiger partial charge in [0.2, 0.25) is 0 Å². The molecule has 0 aromatic heterocycles. The van der Waals surface area contributed by atoms with Crippen molar-refractivity contribution in [1.82, 2.24) is 9.62 Å². The highest BCUT2D eigenvalue weighted by Gasteiger charge is 2.30. The molecule has 30 heavy (non-hydrogen) atoms. The molecular weight excluding hydrogens is 418 g/mol. The molecule has 0 saturated heterocycles. The molecule has 2 aromatic rings. The van der Waals surface area contributed by atoms with E-state index < -0.39 is 0 Å². The molecule has 160 valence electrons. The second-order valence-corrected chi connectivity index (χ2v) is 9.32. The smallest absolute Gasteiger partial charge is 0.255 e. The molecule has 4 rings (SSSR count). The zero-order valence-electron chi connectivity index (χ0n) is 17.2. The second kappa shape index (κ2) is 9.60. The van der Waals surface area contributed by atoms with Gasteiger partial charge in [0.15, 0.2) is 0 Å². The molecule has 0 bridgehead atoms. The van der Waals surface area contributed by atoms with Crippen LogP contribution in [0.15, 0.2) is 42.5 Å². The number of halogens is 1. The van der Waals surface area contributed by atoms with E-state index in [0.717, 1.165) is 42.3 Å². The van der Waals surface area contributed by atoms with Gasteiger partial charge in [0, 0.05) is 13.1 Å². The fraction of sp³-hybridized carbons (Fsp3) is 0.435. The molecule has 7 heteroatoms. The molecule has 0 spiro atoms. The topological polar surface area (TPSA) is 55.8 Å². The van der Waals surface area contributed by atoms with Crippen molar-refractivity contribution in [3.05, 3.63) is 64.2 Å². The first-order valence-electron chi connectivity index (χ1n) is 10.6. The number of hydrogen-bond donors (Lipinski definition) is 2. The largest absolute Gasteiger partial charge is 0.335 e. The van der Waals surface area contributed by atoms with Gasteiger partial charge in [0.05, 0.1) is 34.4 Å². The quantitative estimate of drug-likeness (QED) is 0.436. The van der Waals surface area contributed by atoms with Crippen molar-refractivity contribution in [2.24, 2.45) is 0 Å². The van der Waals surface area contributed by atoms with Crippen molar-refractivity contribution in [3.8, 4) is 0 Å². The van der Waals surface area contributed by atoms with Crippen LogP contribution in [0.25, 0.3) is 0 Å². The molecule has 1 atom stereocenters. The van der Waals surface area contributed by atoms with Gasteiger partial charge in [0.1, 0.15) is 0 Å². The van der Waals surface area contributed by atoms with Gasteiger partial charge in [-0.15, -0.1) is 0 Å². The number of hydrogen-bond acceptors (Lipinski definition) is 5. The zero-order valence-corrected chi connectivity index (χ0v) is 18.8. The Morgan fingerprint density at radius 2 is 1.90 bits per heavy atom. The predicted molar refractivity (Wildman–Crippen MR) is 123 cm³/mol. The Bertz CT molecular complexity index is 904. The van der Waals surface area contributed by atoms with Crippen LogP contribution in [0, 0.1) is 0 Å². The minimum Gasteiger partial charge on any atom is -0.335 e. The third-order valence-corrected chi connectivity index (χ3v) is 7.35. The summed E-state index contributed by atoms with van der Waals surface area (Å²) in [5.41, 5.74) is 3.43. The summed E-state index contributed by atoms with van der Waals surface area (Å²) in [6, 6.07) is 13.8. The SMILES string of the molecule is CN(C(=O)c1cc(N(O)SNC2CCCCC2)ccc1Cl)C1CCc2ccccc21. The van der Waals surface area contributed by atoms with E-state index >= 15 is 0 Å². The lowest BCUT2D eigenvalue weighted by Gasteiger charge is -2.27. The molecule has 0 heterocycles. The minimum atomic E-state index is -0.137. The van der Waals surface area contributed by atoms with Crippen LogP contribution >= 0.6 is 23.7 Å². The molecular formula is C23H28ClN3O2S. The third kappa shape index (κ3) is 4.62. The van der Waals surface area contributed by atoms with Crippen molar-refractivity contribution in [1.29, 1.82) is 0 Å². The van der Waals surface area contributed by atoms with Crippen molar-refractivity contribution in [3.63, 3.8) is 0 Å². The van der Waals surface area contributed by atoms with Crippen LogP contribution < -0.4 is 9.19 Å².